The monoisotopic (exact) mass is 1370 g/mol. The zero-order chi connectivity index (χ0) is 70.9. The van der Waals surface area contributed by atoms with E-state index >= 15 is 0 Å². The second kappa shape index (κ2) is 24.7. The zero-order valence-corrected chi connectivity index (χ0v) is 58.6. The maximum Gasteiger partial charge on any atom is 0.252 e. The number of benzene rings is 17. The van der Waals surface area contributed by atoms with Gasteiger partial charge in [0.2, 0.25) is 0 Å². The Bertz CT molecular complexity index is 6500. The number of fused-ring (bicyclic) bond motifs is 13. The van der Waals surface area contributed by atoms with Crippen molar-refractivity contribution in [3.8, 4) is 100 Å². The van der Waals surface area contributed by atoms with Gasteiger partial charge in [-0.25, -0.2) is 0 Å². The Balaban J connectivity index is 0.915. The van der Waals surface area contributed by atoms with Gasteiger partial charge in [-0.3, -0.25) is 0 Å². The van der Waals surface area contributed by atoms with Crippen molar-refractivity contribution in [3.63, 3.8) is 0 Å². The Morgan fingerprint density at radius 1 is 0.176 bits per heavy atom. The molecule has 0 N–H and O–H groups in total. The minimum absolute atomic E-state index is 0.307. The zero-order valence-electron chi connectivity index (χ0n) is 58.6. The summed E-state index contributed by atoms with van der Waals surface area (Å²) < 4.78 is 19.8. The lowest BCUT2D eigenvalue weighted by Gasteiger charge is -2.46. The smallest absolute Gasteiger partial charge is 0.252 e. The predicted molar refractivity (Wildman–Crippen MR) is 451 cm³/mol. The van der Waals surface area contributed by atoms with Crippen molar-refractivity contribution in [1.29, 1.82) is 0 Å². The van der Waals surface area contributed by atoms with Gasteiger partial charge in [0.15, 0.2) is 0 Å². The minimum atomic E-state index is -0.307. The number of hydrogen-bond acceptors (Lipinski definition) is 5. The molecular weight excluding hydrogens is 1310 g/mol. The summed E-state index contributed by atoms with van der Waals surface area (Å²) >= 11 is 0. The summed E-state index contributed by atoms with van der Waals surface area (Å²) in [5, 5.41) is 6.45. The highest BCUT2D eigenvalue weighted by Crippen LogP contribution is 2.56. The Hall–Kier alpha value is -14.2. The van der Waals surface area contributed by atoms with Crippen LogP contribution in [0.2, 0.25) is 0 Å². The third-order valence-corrected chi connectivity index (χ3v) is 22.4. The van der Waals surface area contributed by atoms with Gasteiger partial charge in [0.1, 0.15) is 33.5 Å². The normalized spacial score (nSPS) is 12.4. The van der Waals surface area contributed by atoms with E-state index in [4.69, 9.17) is 13.3 Å². The predicted octanol–water partition coefficient (Wildman–Crippen LogP) is 26.5. The molecule has 20 aromatic rings. The molecule has 0 atom stereocenters. The molecule has 108 heavy (non-hydrogen) atoms. The van der Waals surface area contributed by atoms with Gasteiger partial charge in [0, 0.05) is 77.3 Å². The van der Waals surface area contributed by atoms with Crippen molar-refractivity contribution >= 4 is 123 Å². The summed E-state index contributed by atoms with van der Waals surface area (Å²) in [4.78, 5) is 5.34. The fourth-order valence-electron chi connectivity index (χ4n) is 17.4. The largest absolute Gasteiger partial charge is 0.456 e. The van der Waals surface area contributed by atoms with Crippen LogP contribution in [0.25, 0.3) is 166 Å². The summed E-state index contributed by atoms with van der Waals surface area (Å²) in [6, 6.07) is 141. The summed E-state index contributed by atoms with van der Waals surface area (Å²) in [6.45, 7) is -0.307. The first kappa shape index (κ1) is 61.3. The quantitative estimate of drug-likeness (QED) is 0.121. The van der Waals surface area contributed by atoms with Gasteiger partial charge in [-0.15, -0.1) is 0 Å². The van der Waals surface area contributed by atoms with E-state index in [1.54, 1.807) is 0 Å². The molecule has 0 aliphatic carbocycles. The number of nitrogens with zero attached hydrogens (tertiary/aromatic N) is 2. The Morgan fingerprint density at radius 3 is 0.759 bits per heavy atom. The standard InChI is InChI=1S/C102H63BN2O3/c1-7-25-64(26-8-1)75-56-81(66-29-11-3-12-30-66)101(82(57-75)67-31-13-4-14-32-67)104-90-60-73(70-45-50-97-85(53-70)78-37-19-22-40-94(78)106-97)43-48-88(90)103-89-49-44-74(71-46-51-98-86(54-71)79-38-20-23-41-95(79)107-98)61-91(89)105(93-63-77(62-92(104)100(93)103)72-47-52-99-87(55-72)80-39-21-24-42-96(80)108-99)102-83(68-33-15-5-16-34-68)58-76(65-27-9-2-10-28-65)59-84(102)69-35-17-6-18-36-69/h1-63H. The summed E-state index contributed by atoms with van der Waals surface area (Å²) in [5.41, 5.74) is 34.8. The van der Waals surface area contributed by atoms with Crippen molar-refractivity contribution in [1.82, 2.24) is 0 Å². The molecule has 0 saturated carbocycles. The van der Waals surface area contributed by atoms with Gasteiger partial charge in [0.05, 0.1) is 11.4 Å². The Morgan fingerprint density at radius 2 is 0.426 bits per heavy atom. The van der Waals surface area contributed by atoms with E-state index in [9.17, 15) is 0 Å². The molecule has 0 unspecified atom stereocenters. The minimum Gasteiger partial charge on any atom is -0.456 e. The van der Waals surface area contributed by atoms with Gasteiger partial charge in [-0.1, -0.05) is 279 Å². The number of hydrogen-bond donors (Lipinski definition) is 0. The lowest BCUT2D eigenvalue weighted by Crippen LogP contribution is -2.61. The molecule has 2 aliphatic rings. The van der Waals surface area contributed by atoms with Gasteiger partial charge in [0.25, 0.3) is 6.71 Å². The van der Waals surface area contributed by atoms with Gasteiger partial charge < -0.3 is 23.1 Å². The second-order valence-corrected chi connectivity index (χ2v) is 28.5. The van der Waals surface area contributed by atoms with E-state index in [-0.39, 0.29) is 6.71 Å². The summed E-state index contributed by atoms with van der Waals surface area (Å²) in [6.07, 6.45) is 0. The summed E-state index contributed by atoms with van der Waals surface area (Å²) in [7, 11) is 0. The van der Waals surface area contributed by atoms with Gasteiger partial charge in [-0.05, 0) is 197 Å². The fourth-order valence-corrected chi connectivity index (χ4v) is 17.4. The Labute approximate surface area is 624 Å². The van der Waals surface area contributed by atoms with E-state index < -0.39 is 0 Å². The molecule has 5 nitrogen and oxygen atoms in total. The van der Waals surface area contributed by atoms with Crippen molar-refractivity contribution in [2.75, 3.05) is 9.80 Å². The van der Waals surface area contributed by atoms with Gasteiger partial charge in [-0.2, -0.15) is 0 Å². The first-order valence-electron chi connectivity index (χ1n) is 37.0. The van der Waals surface area contributed by atoms with Crippen LogP contribution in [0.4, 0.5) is 34.1 Å². The number of rotatable bonds is 11. The highest BCUT2D eigenvalue weighted by Gasteiger charge is 2.46. The second-order valence-electron chi connectivity index (χ2n) is 28.5. The molecule has 3 aromatic heterocycles. The summed E-state index contributed by atoms with van der Waals surface area (Å²) in [5.74, 6) is 0. The van der Waals surface area contributed by atoms with Crippen LogP contribution in [0.3, 0.4) is 0 Å². The lowest BCUT2D eigenvalue weighted by molar-refractivity contribution is 0.668. The topological polar surface area (TPSA) is 45.9 Å². The van der Waals surface area contributed by atoms with Crippen LogP contribution in [0, 0.1) is 0 Å². The van der Waals surface area contributed by atoms with Gasteiger partial charge >= 0.3 is 0 Å². The molecule has 0 amide bonds. The van der Waals surface area contributed by atoms with Crippen LogP contribution < -0.4 is 26.2 Å². The maximum atomic E-state index is 6.68. The molecular formula is C102H63BN2O3. The van der Waals surface area contributed by atoms with Crippen LogP contribution in [0.15, 0.2) is 395 Å². The third kappa shape index (κ3) is 9.95. The highest BCUT2D eigenvalue weighted by atomic mass is 16.3. The van der Waals surface area contributed by atoms with Crippen molar-refractivity contribution in [2.24, 2.45) is 0 Å². The molecule has 6 heteroatoms. The van der Waals surface area contributed by atoms with Crippen LogP contribution in [0.5, 0.6) is 0 Å². The maximum absolute atomic E-state index is 6.68. The first-order chi connectivity index (χ1) is 53.5. The van der Waals surface area contributed by atoms with E-state index in [1.807, 2.05) is 12.1 Å². The van der Waals surface area contributed by atoms with Crippen LogP contribution >= 0.6 is 0 Å². The lowest BCUT2D eigenvalue weighted by atomic mass is 9.33. The SMILES string of the molecule is c1ccc(-c2cc(-c3ccccc3)c(N3c4cc(-c5ccc6oc7ccccc7c6c5)ccc4B4c5ccc(-c6ccc7oc8ccccc8c7c6)cc5N(c5c(-c6ccccc6)cc(-c6ccccc6)cc5-c5ccccc5)c5cc(-c6ccc7oc8ccccc8c7c6)cc3c54)c(-c3ccccc3)c2)cc1. The van der Waals surface area contributed by atoms with Crippen molar-refractivity contribution in [2.45, 2.75) is 0 Å². The van der Waals surface area contributed by atoms with Crippen molar-refractivity contribution in [3.05, 3.63) is 382 Å². The molecule has 0 bridgehead atoms. The average Bonchev–Trinajstić information content (AvgIpc) is 0.861. The molecule has 0 spiro atoms. The molecule has 0 fully saturated rings. The molecule has 502 valence electrons. The average molecular weight is 1380 g/mol. The van der Waals surface area contributed by atoms with Crippen LogP contribution in [-0.2, 0) is 0 Å². The van der Waals surface area contributed by atoms with E-state index in [0.717, 1.165) is 200 Å². The molecule has 5 heterocycles. The van der Waals surface area contributed by atoms with E-state index in [0.29, 0.717) is 0 Å². The molecule has 17 aromatic carbocycles. The van der Waals surface area contributed by atoms with E-state index in [1.165, 1.54) is 16.4 Å². The first-order valence-corrected chi connectivity index (χ1v) is 37.0. The van der Waals surface area contributed by atoms with Crippen molar-refractivity contribution < 1.29 is 13.3 Å². The molecule has 0 radical (unpaired) electrons. The van der Waals surface area contributed by atoms with E-state index in [2.05, 4.69) is 380 Å². The highest BCUT2D eigenvalue weighted by molar-refractivity contribution is 7.00. The number of anilines is 6. The Kier molecular flexibility index (Phi) is 14.0. The molecule has 22 rings (SSSR count). The van der Waals surface area contributed by atoms with Crippen LogP contribution in [0.1, 0.15) is 0 Å². The molecule has 2 aliphatic heterocycles. The number of para-hydroxylation sites is 3. The third-order valence-electron chi connectivity index (χ3n) is 22.4. The van der Waals surface area contributed by atoms with Crippen LogP contribution in [-0.4, -0.2) is 6.71 Å². The molecule has 0 saturated heterocycles. The number of furan rings is 3. The fraction of sp³-hybridized carbons (Fsp3) is 0.